The van der Waals surface area contributed by atoms with E-state index in [0.717, 1.165) is 6.21 Å². The van der Waals surface area contributed by atoms with Gasteiger partial charge in [0.2, 0.25) is 11.9 Å². The summed E-state index contributed by atoms with van der Waals surface area (Å²) < 4.78 is 0. The van der Waals surface area contributed by atoms with Gasteiger partial charge < -0.3 is 16.6 Å². The van der Waals surface area contributed by atoms with Crippen LogP contribution < -0.4 is 11.5 Å². The number of anilines is 2. The molecule has 14 heavy (non-hydrogen) atoms. The molecule has 1 heterocycles. The van der Waals surface area contributed by atoms with Crippen molar-refractivity contribution in [2.75, 3.05) is 11.5 Å². The zero-order valence-electron chi connectivity index (χ0n) is 7.08. The van der Waals surface area contributed by atoms with Crippen molar-refractivity contribution in [1.29, 1.82) is 0 Å². The second-order valence-electron chi connectivity index (χ2n) is 2.26. The number of nitrogens with two attached hydrogens (primary N) is 2. The zero-order chi connectivity index (χ0) is 10.6. The Balaban J connectivity index is 2.76. The van der Waals surface area contributed by atoms with Gasteiger partial charge in [-0.1, -0.05) is 0 Å². The van der Waals surface area contributed by atoms with Crippen LogP contribution in [0.5, 0.6) is 0 Å². The van der Waals surface area contributed by atoms with Crippen LogP contribution in [-0.2, 0) is 4.79 Å². The quantitative estimate of drug-likeness (QED) is 0.538. The number of carboxylic acid groups (broad SMARTS) is 1. The molecule has 0 fully saturated rings. The van der Waals surface area contributed by atoms with Gasteiger partial charge in [-0.05, 0) is 0 Å². The third kappa shape index (κ3) is 3.01. The predicted molar refractivity (Wildman–Crippen MR) is 49.1 cm³/mol. The molecule has 0 radical (unpaired) electrons. The summed E-state index contributed by atoms with van der Waals surface area (Å²) in [5.41, 5.74) is 10.5. The smallest absolute Gasteiger partial charge is 0.308 e. The molecule has 5 N–H and O–H groups in total. The Bertz CT molecular complexity index is 356. The van der Waals surface area contributed by atoms with Crippen LogP contribution in [0, 0.1) is 0 Å². The highest BCUT2D eigenvalue weighted by molar-refractivity contribution is 5.85. The molecule has 0 amide bonds. The van der Waals surface area contributed by atoms with E-state index < -0.39 is 5.97 Å². The number of hydrogen-bond donors (Lipinski definition) is 3. The van der Waals surface area contributed by atoms with Crippen molar-refractivity contribution in [3.8, 4) is 0 Å². The molecule has 74 valence electrons. The van der Waals surface area contributed by atoms with Crippen molar-refractivity contribution in [2.45, 2.75) is 6.42 Å². The molecule has 0 saturated carbocycles. The van der Waals surface area contributed by atoms with Crippen LogP contribution in [0.2, 0.25) is 0 Å². The lowest BCUT2D eigenvalue weighted by Crippen LogP contribution is -2.02. The summed E-state index contributed by atoms with van der Waals surface area (Å²) in [7, 11) is 0. The van der Waals surface area contributed by atoms with Gasteiger partial charge >= 0.3 is 5.97 Å². The molecule has 0 aliphatic heterocycles. The molecule has 0 aromatic carbocycles. The van der Waals surface area contributed by atoms with Crippen molar-refractivity contribution >= 4 is 30.0 Å². The van der Waals surface area contributed by atoms with Gasteiger partial charge in [0, 0.05) is 6.21 Å². The van der Waals surface area contributed by atoms with Crippen LogP contribution in [0.1, 0.15) is 6.42 Å². The van der Waals surface area contributed by atoms with Crippen LogP contribution >= 0.6 is 0 Å². The number of carboxylic acids is 1. The number of nitrogens with zero attached hydrogens (tertiary/aromatic N) is 4. The number of carbonyl (C=O) groups is 1. The Kier molecular flexibility index (Phi) is 2.89. The highest BCUT2D eigenvalue weighted by Gasteiger charge is 1.98. The molecule has 8 nitrogen and oxygen atoms in total. The third-order valence-corrected chi connectivity index (χ3v) is 1.13. The van der Waals surface area contributed by atoms with Crippen molar-refractivity contribution < 1.29 is 9.90 Å². The van der Waals surface area contributed by atoms with Gasteiger partial charge in [-0.3, -0.25) is 4.79 Å². The molecule has 0 aliphatic carbocycles. The maximum Gasteiger partial charge on any atom is 0.308 e. The maximum absolute atomic E-state index is 10.1. The Morgan fingerprint density at radius 3 is 2.43 bits per heavy atom. The maximum atomic E-state index is 10.1. The molecule has 0 aliphatic rings. The van der Waals surface area contributed by atoms with Crippen LogP contribution in [0.25, 0.3) is 0 Å². The molecule has 1 aromatic rings. The van der Waals surface area contributed by atoms with Gasteiger partial charge in [-0.2, -0.15) is 15.0 Å². The zero-order valence-corrected chi connectivity index (χ0v) is 7.08. The molecular formula is C6H8N6O2. The monoisotopic (exact) mass is 196 g/mol. The van der Waals surface area contributed by atoms with Gasteiger partial charge in [-0.25, -0.2) is 4.99 Å². The van der Waals surface area contributed by atoms with Crippen LogP contribution in [0.3, 0.4) is 0 Å². The number of nitrogen functional groups attached to an aromatic ring is 2. The Morgan fingerprint density at radius 1 is 1.36 bits per heavy atom. The number of rotatable bonds is 3. The molecule has 0 unspecified atom stereocenters. The van der Waals surface area contributed by atoms with E-state index in [2.05, 4.69) is 19.9 Å². The Hall–Kier alpha value is -2.25. The molecule has 8 heteroatoms. The largest absolute Gasteiger partial charge is 0.481 e. The fourth-order valence-electron chi connectivity index (χ4n) is 0.660. The van der Waals surface area contributed by atoms with Gasteiger partial charge in [0.05, 0.1) is 6.42 Å². The minimum atomic E-state index is -0.997. The average molecular weight is 196 g/mol. The summed E-state index contributed by atoms with van der Waals surface area (Å²) in [6, 6.07) is 0. The van der Waals surface area contributed by atoms with Gasteiger partial charge in [0.15, 0.2) is 0 Å². The summed E-state index contributed by atoms with van der Waals surface area (Å²) in [6.45, 7) is 0. The molecule has 0 bridgehead atoms. The first-order valence-corrected chi connectivity index (χ1v) is 3.59. The molecule has 0 atom stereocenters. The van der Waals surface area contributed by atoms with Gasteiger partial charge in [-0.15, -0.1) is 0 Å². The van der Waals surface area contributed by atoms with E-state index in [-0.39, 0.29) is 24.3 Å². The number of aliphatic imine (C=N–C) groups is 1. The summed E-state index contributed by atoms with van der Waals surface area (Å²) in [5.74, 6) is -1.11. The van der Waals surface area contributed by atoms with Gasteiger partial charge in [0.25, 0.3) is 5.95 Å². The van der Waals surface area contributed by atoms with Crippen molar-refractivity contribution in [3.63, 3.8) is 0 Å². The fourth-order valence-corrected chi connectivity index (χ4v) is 0.660. The fraction of sp³-hybridized carbons (Fsp3) is 0.167. The summed E-state index contributed by atoms with van der Waals surface area (Å²) >= 11 is 0. The Labute approximate surface area is 78.7 Å². The highest BCUT2D eigenvalue weighted by atomic mass is 16.4. The Morgan fingerprint density at radius 2 is 1.93 bits per heavy atom. The molecule has 0 saturated heterocycles. The van der Waals surface area contributed by atoms with Gasteiger partial charge in [0.1, 0.15) is 0 Å². The predicted octanol–water partition coefficient (Wildman–Crippen LogP) is -0.787. The summed E-state index contributed by atoms with van der Waals surface area (Å²) in [4.78, 5) is 24.5. The van der Waals surface area contributed by atoms with Crippen molar-refractivity contribution in [3.05, 3.63) is 0 Å². The first-order chi connectivity index (χ1) is 6.58. The van der Waals surface area contributed by atoms with E-state index in [4.69, 9.17) is 16.6 Å². The molecule has 1 aromatic heterocycles. The van der Waals surface area contributed by atoms with E-state index in [1.807, 2.05) is 0 Å². The topological polar surface area (TPSA) is 140 Å². The second-order valence-corrected chi connectivity index (χ2v) is 2.26. The average Bonchev–Trinajstić information content (AvgIpc) is 2.01. The van der Waals surface area contributed by atoms with Crippen LogP contribution in [-0.4, -0.2) is 32.2 Å². The second kappa shape index (κ2) is 4.12. The van der Waals surface area contributed by atoms with Crippen molar-refractivity contribution in [2.24, 2.45) is 4.99 Å². The standard InChI is InChI=1S/C6H8N6O2/c7-4-10-5(8)12-6(11-4)9-2-1-3(13)14/h2H,1H2,(H,13,14)(H4,7,8,10,11,12). The SMILES string of the molecule is Nc1nc(N)nc(N=CCC(=O)O)n1. The summed E-state index contributed by atoms with van der Waals surface area (Å²) in [5, 5.41) is 8.31. The minimum Gasteiger partial charge on any atom is -0.481 e. The van der Waals surface area contributed by atoms with Crippen LogP contribution in [0.4, 0.5) is 17.8 Å². The number of aromatic nitrogens is 3. The van der Waals surface area contributed by atoms with E-state index in [9.17, 15) is 4.79 Å². The van der Waals surface area contributed by atoms with E-state index in [0.29, 0.717) is 0 Å². The molecular weight excluding hydrogens is 188 g/mol. The normalized spacial score (nSPS) is 10.6. The first kappa shape index (κ1) is 9.84. The molecule has 0 spiro atoms. The summed E-state index contributed by atoms with van der Waals surface area (Å²) in [6.07, 6.45) is 0.933. The lowest BCUT2D eigenvalue weighted by Gasteiger charge is -1.95. The third-order valence-electron chi connectivity index (χ3n) is 1.13. The number of hydrogen-bond acceptors (Lipinski definition) is 7. The number of aliphatic carboxylic acids is 1. The van der Waals surface area contributed by atoms with Crippen molar-refractivity contribution in [1.82, 2.24) is 15.0 Å². The highest BCUT2D eigenvalue weighted by Crippen LogP contribution is 2.06. The first-order valence-electron chi connectivity index (χ1n) is 3.59. The van der Waals surface area contributed by atoms with E-state index >= 15 is 0 Å². The minimum absolute atomic E-state index is 0.00347. The lowest BCUT2D eigenvalue weighted by atomic mass is 10.5. The van der Waals surface area contributed by atoms with Crippen LogP contribution in [0.15, 0.2) is 4.99 Å². The lowest BCUT2D eigenvalue weighted by molar-refractivity contribution is -0.135. The molecule has 1 rings (SSSR count). The van der Waals surface area contributed by atoms with E-state index in [1.54, 1.807) is 0 Å². The van der Waals surface area contributed by atoms with E-state index in [1.165, 1.54) is 0 Å².